The predicted molar refractivity (Wildman–Crippen MR) is 123 cm³/mol. The van der Waals surface area contributed by atoms with Crippen LogP contribution in [0.15, 0.2) is 52.4 Å². The lowest BCUT2D eigenvalue weighted by Gasteiger charge is -2.14. The second-order valence-corrected chi connectivity index (χ2v) is 8.32. The smallest absolute Gasteiger partial charge is 0.238 e. The average molecular weight is 449 g/mol. The summed E-state index contributed by atoms with van der Waals surface area (Å²) < 4.78 is 33.9. The largest absolute Gasteiger partial charge is 0.490 e. The van der Waals surface area contributed by atoms with Gasteiger partial charge in [-0.3, -0.25) is 4.99 Å². The molecular weight excluding hydrogens is 416 g/mol. The molecule has 0 saturated heterocycles. The number of nitrogens with one attached hydrogen (secondary N) is 2. The monoisotopic (exact) mass is 448 g/mol. The van der Waals surface area contributed by atoms with Gasteiger partial charge in [0, 0.05) is 20.1 Å². The van der Waals surface area contributed by atoms with Gasteiger partial charge in [-0.15, -0.1) is 0 Å². The predicted octanol–water partition coefficient (Wildman–Crippen LogP) is 2.08. The zero-order chi connectivity index (χ0) is 22.7. The molecule has 0 heterocycles. The fraction of sp³-hybridized carbons (Fsp3) is 0.409. The molecule has 0 aromatic heterocycles. The summed E-state index contributed by atoms with van der Waals surface area (Å²) in [6.07, 6.45) is 1.53. The summed E-state index contributed by atoms with van der Waals surface area (Å²) in [6.45, 7) is 6.45. The van der Waals surface area contributed by atoms with Crippen LogP contribution in [0.3, 0.4) is 0 Å². The molecule has 0 atom stereocenters. The molecule has 0 aliphatic rings. The minimum atomic E-state index is -3.66. The van der Waals surface area contributed by atoms with Crippen LogP contribution in [0.25, 0.3) is 0 Å². The van der Waals surface area contributed by atoms with E-state index in [9.17, 15) is 8.42 Å². The molecule has 0 unspecified atom stereocenters. The summed E-state index contributed by atoms with van der Waals surface area (Å²) in [4.78, 5) is 4.35. The summed E-state index contributed by atoms with van der Waals surface area (Å²) in [5.74, 6) is 2.23. The molecule has 0 fully saturated rings. The van der Waals surface area contributed by atoms with E-state index in [4.69, 9.17) is 14.6 Å². The molecule has 2 aromatic rings. The Morgan fingerprint density at radius 2 is 1.45 bits per heavy atom. The van der Waals surface area contributed by atoms with E-state index in [-0.39, 0.29) is 4.90 Å². The van der Waals surface area contributed by atoms with Gasteiger partial charge in [0.2, 0.25) is 10.0 Å². The lowest BCUT2D eigenvalue weighted by atomic mass is 10.1. The van der Waals surface area contributed by atoms with Crippen LogP contribution >= 0.6 is 0 Å². The highest BCUT2D eigenvalue weighted by atomic mass is 32.2. The van der Waals surface area contributed by atoms with Crippen molar-refractivity contribution in [2.45, 2.75) is 31.6 Å². The molecule has 2 rings (SSSR count). The number of primary sulfonamides is 1. The van der Waals surface area contributed by atoms with E-state index < -0.39 is 10.0 Å². The lowest BCUT2D eigenvalue weighted by molar-refractivity contribution is 0.287. The first-order valence-corrected chi connectivity index (χ1v) is 11.9. The maximum absolute atomic E-state index is 11.3. The number of hydrogen-bond acceptors (Lipinski definition) is 5. The van der Waals surface area contributed by atoms with E-state index in [2.05, 4.69) is 15.6 Å². The highest BCUT2D eigenvalue weighted by Gasteiger charge is 2.08. The minimum Gasteiger partial charge on any atom is -0.490 e. The van der Waals surface area contributed by atoms with E-state index in [0.29, 0.717) is 32.3 Å². The van der Waals surface area contributed by atoms with Crippen molar-refractivity contribution < 1.29 is 17.9 Å². The number of sulfonamides is 1. The molecule has 0 aliphatic heterocycles. The van der Waals surface area contributed by atoms with Crippen LogP contribution in [0.4, 0.5) is 0 Å². The Labute approximate surface area is 184 Å². The molecule has 8 nitrogen and oxygen atoms in total. The minimum absolute atomic E-state index is 0.114. The Morgan fingerprint density at radius 1 is 0.903 bits per heavy atom. The van der Waals surface area contributed by atoms with Crippen molar-refractivity contribution in [3.63, 3.8) is 0 Å². The number of nitrogens with two attached hydrogens (primary N) is 1. The number of guanidine groups is 1. The molecule has 0 radical (unpaired) electrons. The standard InChI is InChI=1S/C22H32N4O4S/c1-4-29-20-11-8-18(16-21(20)30-5-2)13-15-26-22(24-3)25-14-12-17-6-9-19(10-7-17)31(23,27)28/h6-11,16H,4-5,12-15H2,1-3H3,(H2,23,27,28)(H2,24,25,26). The molecule has 9 heteroatoms. The van der Waals surface area contributed by atoms with Crippen molar-refractivity contribution in [2.24, 2.45) is 10.1 Å². The fourth-order valence-corrected chi connectivity index (χ4v) is 3.48. The molecular formula is C22H32N4O4S. The maximum Gasteiger partial charge on any atom is 0.238 e. The van der Waals surface area contributed by atoms with Crippen molar-refractivity contribution in [2.75, 3.05) is 33.4 Å². The zero-order valence-electron chi connectivity index (χ0n) is 18.3. The van der Waals surface area contributed by atoms with Crippen LogP contribution in [-0.2, 0) is 22.9 Å². The van der Waals surface area contributed by atoms with Crippen LogP contribution < -0.4 is 25.2 Å². The van der Waals surface area contributed by atoms with Gasteiger partial charge in [0.1, 0.15) is 0 Å². The van der Waals surface area contributed by atoms with Crippen molar-refractivity contribution in [3.05, 3.63) is 53.6 Å². The van der Waals surface area contributed by atoms with E-state index in [1.54, 1.807) is 19.2 Å². The summed E-state index contributed by atoms with van der Waals surface area (Å²) in [5, 5.41) is 11.7. The van der Waals surface area contributed by atoms with Gasteiger partial charge in [-0.05, 0) is 62.1 Å². The average Bonchev–Trinajstić information content (AvgIpc) is 2.74. The van der Waals surface area contributed by atoms with E-state index in [1.165, 1.54) is 12.1 Å². The molecule has 170 valence electrons. The Bertz CT molecular complexity index is 960. The Hall–Kier alpha value is -2.78. The Morgan fingerprint density at radius 3 is 2.00 bits per heavy atom. The summed E-state index contributed by atoms with van der Waals surface area (Å²) in [5.41, 5.74) is 2.15. The third kappa shape index (κ3) is 8.10. The molecule has 0 spiro atoms. The van der Waals surface area contributed by atoms with E-state index in [1.807, 2.05) is 32.0 Å². The molecule has 0 bridgehead atoms. The zero-order valence-corrected chi connectivity index (χ0v) is 19.2. The fourth-order valence-electron chi connectivity index (χ4n) is 2.97. The number of aliphatic imine (C=N–C) groups is 1. The molecule has 0 saturated carbocycles. The van der Waals surface area contributed by atoms with Crippen LogP contribution in [0.1, 0.15) is 25.0 Å². The van der Waals surface area contributed by atoms with Crippen molar-refractivity contribution in [1.29, 1.82) is 0 Å². The number of benzene rings is 2. The summed E-state index contributed by atoms with van der Waals surface area (Å²) in [7, 11) is -1.94. The summed E-state index contributed by atoms with van der Waals surface area (Å²) in [6, 6.07) is 12.6. The van der Waals surface area contributed by atoms with Crippen LogP contribution in [0.2, 0.25) is 0 Å². The molecule has 4 N–H and O–H groups in total. The van der Waals surface area contributed by atoms with Gasteiger partial charge in [-0.1, -0.05) is 18.2 Å². The van der Waals surface area contributed by atoms with Gasteiger partial charge < -0.3 is 20.1 Å². The quantitative estimate of drug-likeness (QED) is 0.358. The maximum atomic E-state index is 11.3. The highest BCUT2D eigenvalue weighted by molar-refractivity contribution is 7.89. The number of ether oxygens (including phenoxy) is 2. The van der Waals surface area contributed by atoms with Gasteiger partial charge in [0.25, 0.3) is 0 Å². The van der Waals surface area contributed by atoms with Gasteiger partial charge in [-0.2, -0.15) is 0 Å². The topological polar surface area (TPSA) is 115 Å². The lowest BCUT2D eigenvalue weighted by Crippen LogP contribution is -2.39. The molecule has 31 heavy (non-hydrogen) atoms. The van der Waals surface area contributed by atoms with Gasteiger partial charge in [-0.25, -0.2) is 13.6 Å². The van der Waals surface area contributed by atoms with Crippen LogP contribution in [0, 0.1) is 0 Å². The van der Waals surface area contributed by atoms with Crippen molar-refractivity contribution in [3.8, 4) is 11.5 Å². The number of nitrogens with zero attached hydrogens (tertiary/aromatic N) is 1. The molecule has 0 amide bonds. The third-order valence-electron chi connectivity index (χ3n) is 4.50. The van der Waals surface area contributed by atoms with Gasteiger partial charge >= 0.3 is 0 Å². The normalized spacial score (nSPS) is 11.8. The van der Waals surface area contributed by atoms with Gasteiger partial charge in [0.15, 0.2) is 17.5 Å². The Kier molecular flexibility index (Phi) is 9.61. The first-order valence-electron chi connectivity index (χ1n) is 10.3. The second-order valence-electron chi connectivity index (χ2n) is 6.76. The van der Waals surface area contributed by atoms with E-state index in [0.717, 1.165) is 35.5 Å². The van der Waals surface area contributed by atoms with Crippen LogP contribution in [0.5, 0.6) is 11.5 Å². The number of rotatable bonds is 11. The summed E-state index contributed by atoms with van der Waals surface area (Å²) >= 11 is 0. The van der Waals surface area contributed by atoms with Crippen LogP contribution in [-0.4, -0.2) is 47.7 Å². The third-order valence-corrected chi connectivity index (χ3v) is 5.42. The van der Waals surface area contributed by atoms with Crippen molar-refractivity contribution in [1.82, 2.24) is 10.6 Å². The first-order chi connectivity index (χ1) is 14.9. The first kappa shape index (κ1) is 24.5. The Balaban J connectivity index is 1.80. The molecule has 2 aromatic carbocycles. The van der Waals surface area contributed by atoms with E-state index >= 15 is 0 Å². The van der Waals surface area contributed by atoms with Gasteiger partial charge in [0.05, 0.1) is 18.1 Å². The number of hydrogen-bond donors (Lipinski definition) is 3. The van der Waals surface area contributed by atoms with Crippen molar-refractivity contribution >= 4 is 16.0 Å². The SMILES string of the molecule is CCOc1ccc(CCNC(=NC)NCCc2ccc(S(N)(=O)=O)cc2)cc1OCC. The molecule has 0 aliphatic carbocycles. The highest BCUT2D eigenvalue weighted by Crippen LogP contribution is 2.28. The second kappa shape index (κ2) is 12.2.